The van der Waals surface area contributed by atoms with Crippen LogP contribution in [0.2, 0.25) is 0 Å². The third-order valence-corrected chi connectivity index (χ3v) is 4.75. The second-order valence-electron chi connectivity index (χ2n) is 4.40. The first-order valence-electron chi connectivity index (χ1n) is 6.42. The Morgan fingerprint density at radius 3 is 2.50 bits per heavy atom. The van der Waals surface area contributed by atoms with Crippen molar-refractivity contribution < 1.29 is 8.42 Å². The minimum atomic E-state index is -3.84. The molecule has 0 radical (unpaired) electrons. The highest BCUT2D eigenvalue weighted by Crippen LogP contribution is 2.27. The second-order valence-corrected chi connectivity index (χ2v) is 7.13. The first-order chi connectivity index (χ1) is 10.5. The zero-order chi connectivity index (χ0) is 16.0. The molecule has 0 bridgehead atoms. The van der Waals surface area contributed by atoms with E-state index < -0.39 is 10.0 Å². The molecule has 6 nitrogen and oxygen atoms in total. The Kier molecular flexibility index (Phi) is 5.53. The lowest BCUT2D eigenvalue weighted by atomic mass is 10.2. The van der Waals surface area contributed by atoms with Crippen LogP contribution in [0.15, 0.2) is 63.5 Å². The van der Waals surface area contributed by atoms with E-state index in [0.717, 1.165) is 16.7 Å². The Morgan fingerprint density at radius 2 is 1.86 bits per heavy atom. The van der Waals surface area contributed by atoms with Gasteiger partial charge in [0.2, 0.25) is 10.0 Å². The van der Waals surface area contributed by atoms with Gasteiger partial charge in [-0.25, -0.2) is 13.6 Å². The van der Waals surface area contributed by atoms with Crippen LogP contribution in [0.1, 0.15) is 0 Å². The van der Waals surface area contributed by atoms with Crippen LogP contribution in [0.5, 0.6) is 0 Å². The molecule has 0 aliphatic heterocycles. The Labute approximate surface area is 133 Å². The Bertz CT molecular complexity index is 749. The van der Waals surface area contributed by atoms with E-state index in [0.29, 0.717) is 12.2 Å². The quantitative estimate of drug-likeness (QED) is 0.459. The number of nitroso groups, excluding NO2 is 1. The molecule has 116 valence electrons. The van der Waals surface area contributed by atoms with Crippen LogP contribution in [-0.2, 0) is 10.0 Å². The lowest BCUT2D eigenvalue weighted by Crippen LogP contribution is -2.12. The number of hydrogen-bond acceptors (Lipinski definition) is 6. The first kappa shape index (κ1) is 16.5. The van der Waals surface area contributed by atoms with E-state index in [-0.39, 0.29) is 10.6 Å². The molecule has 8 heteroatoms. The molecule has 0 atom stereocenters. The fourth-order valence-electron chi connectivity index (χ4n) is 1.78. The molecule has 22 heavy (non-hydrogen) atoms. The molecule has 0 unspecified atom stereocenters. The molecule has 0 amide bonds. The zero-order valence-corrected chi connectivity index (χ0v) is 13.2. The topological polar surface area (TPSA) is 102 Å². The summed E-state index contributed by atoms with van der Waals surface area (Å²) in [5.74, 6) is 0.791. The molecule has 0 spiro atoms. The van der Waals surface area contributed by atoms with Crippen LogP contribution in [0.25, 0.3) is 0 Å². The van der Waals surface area contributed by atoms with Crippen LogP contribution in [0.4, 0.5) is 11.4 Å². The molecule has 0 saturated carbocycles. The Hall–Kier alpha value is -1.90. The van der Waals surface area contributed by atoms with E-state index in [1.807, 2.05) is 30.3 Å². The van der Waals surface area contributed by atoms with Gasteiger partial charge in [-0.15, -0.1) is 16.7 Å². The summed E-state index contributed by atoms with van der Waals surface area (Å²) in [6.45, 7) is 0.608. The van der Waals surface area contributed by atoms with Gasteiger partial charge in [0, 0.05) is 17.2 Å². The summed E-state index contributed by atoms with van der Waals surface area (Å²) in [6, 6.07) is 13.9. The molecule has 0 aromatic heterocycles. The number of anilines is 1. The summed E-state index contributed by atoms with van der Waals surface area (Å²) >= 11 is 1.67. The normalized spacial score (nSPS) is 11.1. The standard InChI is InChI=1S/C14H15N3O3S2/c15-22(19,20)12-6-7-13(14(10-12)17-18)16-8-9-21-11-4-2-1-3-5-11/h1-7,10,16H,8-9H2,(H2,15,19,20). The van der Waals surface area contributed by atoms with E-state index in [2.05, 4.69) is 10.5 Å². The number of primary sulfonamides is 1. The van der Waals surface area contributed by atoms with Gasteiger partial charge < -0.3 is 5.32 Å². The van der Waals surface area contributed by atoms with Crippen LogP contribution in [0.3, 0.4) is 0 Å². The third kappa shape index (κ3) is 4.55. The van der Waals surface area contributed by atoms with Crippen molar-refractivity contribution in [1.82, 2.24) is 0 Å². The number of sulfonamides is 1. The van der Waals surface area contributed by atoms with Gasteiger partial charge in [-0.05, 0) is 35.5 Å². The number of hydrogen-bond donors (Lipinski definition) is 2. The summed E-state index contributed by atoms with van der Waals surface area (Å²) in [5.41, 5.74) is 0.507. The van der Waals surface area contributed by atoms with Crippen molar-refractivity contribution >= 4 is 33.2 Å². The van der Waals surface area contributed by atoms with Crippen molar-refractivity contribution in [3.8, 4) is 0 Å². The van der Waals surface area contributed by atoms with Gasteiger partial charge in [0.25, 0.3) is 0 Å². The summed E-state index contributed by atoms with van der Waals surface area (Å²) in [6.07, 6.45) is 0. The molecule has 2 rings (SSSR count). The maximum Gasteiger partial charge on any atom is 0.238 e. The fraction of sp³-hybridized carbons (Fsp3) is 0.143. The maximum absolute atomic E-state index is 11.2. The largest absolute Gasteiger partial charge is 0.382 e. The Balaban J connectivity index is 1.97. The van der Waals surface area contributed by atoms with E-state index in [1.54, 1.807) is 11.8 Å². The molecular weight excluding hydrogens is 322 g/mol. The highest BCUT2D eigenvalue weighted by atomic mass is 32.2. The first-order valence-corrected chi connectivity index (χ1v) is 8.96. The SMILES string of the molecule is NS(=O)(=O)c1ccc(NCCSc2ccccc2)c(N=O)c1. The maximum atomic E-state index is 11.2. The lowest BCUT2D eigenvalue weighted by Gasteiger charge is -2.09. The highest BCUT2D eigenvalue weighted by molar-refractivity contribution is 7.99. The van der Waals surface area contributed by atoms with Crippen LogP contribution in [-0.4, -0.2) is 20.7 Å². The molecule has 0 fully saturated rings. The van der Waals surface area contributed by atoms with Gasteiger partial charge in [-0.2, -0.15) is 0 Å². The monoisotopic (exact) mass is 337 g/mol. The number of benzene rings is 2. The fourth-order valence-corrected chi connectivity index (χ4v) is 3.11. The van der Waals surface area contributed by atoms with Crippen molar-refractivity contribution in [1.29, 1.82) is 0 Å². The molecular formula is C14H15N3O3S2. The zero-order valence-electron chi connectivity index (χ0n) is 11.6. The summed E-state index contributed by atoms with van der Waals surface area (Å²) in [5, 5.41) is 10.9. The van der Waals surface area contributed by atoms with Gasteiger partial charge in [-0.3, -0.25) is 0 Å². The molecule has 2 aromatic carbocycles. The summed E-state index contributed by atoms with van der Waals surface area (Å²) < 4.78 is 22.5. The number of nitrogens with one attached hydrogen (secondary N) is 1. The number of nitrogens with zero attached hydrogens (tertiary/aromatic N) is 1. The minimum Gasteiger partial charge on any atom is -0.382 e. The summed E-state index contributed by atoms with van der Waals surface area (Å²) in [7, 11) is -3.84. The molecule has 0 heterocycles. The van der Waals surface area contributed by atoms with Gasteiger partial charge in [-0.1, -0.05) is 18.2 Å². The van der Waals surface area contributed by atoms with E-state index in [4.69, 9.17) is 5.14 Å². The van der Waals surface area contributed by atoms with E-state index in [9.17, 15) is 13.3 Å². The summed E-state index contributed by atoms with van der Waals surface area (Å²) in [4.78, 5) is 11.9. The number of nitrogens with two attached hydrogens (primary N) is 1. The third-order valence-electron chi connectivity index (χ3n) is 2.83. The average molecular weight is 337 g/mol. The van der Waals surface area contributed by atoms with Gasteiger partial charge in [0.1, 0.15) is 5.69 Å². The second kappa shape index (κ2) is 7.39. The van der Waals surface area contributed by atoms with E-state index in [1.165, 1.54) is 12.1 Å². The average Bonchev–Trinajstić information content (AvgIpc) is 2.51. The van der Waals surface area contributed by atoms with Crippen molar-refractivity contribution in [3.05, 3.63) is 53.4 Å². The predicted molar refractivity (Wildman–Crippen MR) is 88.9 cm³/mol. The van der Waals surface area contributed by atoms with Gasteiger partial charge >= 0.3 is 0 Å². The molecule has 3 N–H and O–H groups in total. The van der Waals surface area contributed by atoms with Crippen LogP contribution < -0.4 is 10.5 Å². The molecule has 0 saturated heterocycles. The van der Waals surface area contributed by atoms with Crippen molar-refractivity contribution in [2.24, 2.45) is 10.3 Å². The lowest BCUT2D eigenvalue weighted by molar-refractivity contribution is 0.598. The molecule has 2 aromatic rings. The molecule has 0 aliphatic carbocycles. The van der Waals surface area contributed by atoms with Crippen molar-refractivity contribution in [2.75, 3.05) is 17.6 Å². The van der Waals surface area contributed by atoms with Crippen molar-refractivity contribution in [2.45, 2.75) is 9.79 Å². The smallest absolute Gasteiger partial charge is 0.238 e. The highest BCUT2D eigenvalue weighted by Gasteiger charge is 2.11. The number of rotatable bonds is 7. The van der Waals surface area contributed by atoms with Crippen LogP contribution >= 0.6 is 11.8 Å². The minimum absolute atomic E-state index is 0.0243. The van der Waals surface area contributed by atoms with E-state index >= 15 is 0 Å². The number of thioether (sulfide) groups is 1. The Morgan fingerprint density at radius 1 is 1.14 bits per heavy atom. The van der Waals surface area contributed by atoms with Gasteiger partial charge in [0.05, 0.1) is 10.6 Å². The van der Waals surface area contributed by atoms with Crippen molar-refractivity contribution in [3.63, 3.8) is 0 Å². The van der Waals surface area contributed by atoms with Crippen LogP contribution in [0, 0.1) is 4.91 Å². The molecule has 0 aliphatic rings. The van der Waals surface area contributed by atoms with Gasteiger partial charge in [0.15, 0.2) is 0 Å². The predicted octanol–water partition coefficient (Wildman–Crippen LogP) is 2.94.